The average Bonchev–Trinajstić information content (AvgIpc) is 3.01. The third-order valence-corrected chi connectivity index (χ3v) is 6.23. The maximum absolute atomic E-state index is 6.46. The molecule has 1 unspecified atom stereocenters. The summed E-state index contributed by atoms with van der Waals surface area (Å²) < 4.78 is 0. The second-order valence-corrected chi connectivity index (χ2v) is 8.47. The first-order valence-corrected chi connectivity index (χ1v) is 10.9. The van der Waals surface area contributed by atoms with Gasteiger partial charge in [0.2, 0.25) is 0 Å². The first-order valence-electron chi connectivity index (χ1n) is 10.2. The summed E-state index contributed by atoms with van der Waals surface area (Å²) in [5, 5.41) is 1.37. The fourth-order valence-corrected chi connectivity index (χ4v) is 4.82. The molecule has 148 valence electrons. The molecule has 0 spiro atoms. The Labute approximate surface area is 193 Å². The summed E-state index contributed by atoms with van der Waals surface area (Å²) in [5.41, 5.74) is 6.11. The molecule has 0 saturated heterocycles. The number of halogens is 2. The topological polar surface area (TPSA) is 0 Å². The molecule has 0 bridgehead atoms. The van der Waals surface area contributed by atoms with Crippen LogP contribution < -0.4 is 0 Å². The van der Waals surface area contributed by atoms with Gasteiger partial charge in [0, 0.05) is 28.5 Å². The number of hydrogen-bond donors (Lipinski definition) is 0. The van der Waals surface area contributed by atoms with E-state index in [1.807, 2.05) is 42.5 Å². The molecule has 2 heteroatoms. The monoisotopic (exact) mass is 436 g/mol. The molecule has 1 atom stereocenters. The molecule has 0 saturated carbocycles. The van der Waals surface area contributed by atoms with E-state index in [1.54, 1.807) is 0 Å². The number of rotatable bonds is 1. The molecule has 0 fully saturated rings. The van der Waals surface area contributed by atoms with E-state index in [0.717, 1.165) is 17.5 Å². The minimum absolute atomic E-state index is 0.630. The Bertz CT molecular complexity index is 1370. The molecular formula is C29H18Cl2. The van der Waals surface area contributed by atoms with Crippen LogP contribution in [0.15, 0.2) is 90.5 Å². The van der Waals surface area contributed by atoms with Crippen LogP contribution in [0.1, 0.15) is 35.1 Å². The van der Waals surface area contributed by atoms with Gasteiger partial charge in [-0.25, -0.2) is 0 Å². The largest absolute Gasteiger partial charge is 0.107 e. The predicted molar refractivity (Wildman–Crippen MR) is 130 cm³/mol. The van der Waals surface area contributed by atoms with Gasteiger partial charge in [0.15, 0.2) is 0 Å². The van der Waals surface area contributed by atoms with Gasteiger partial charge >= 0.3 is 0 Å². The van der Waals surface area contributed by atoms with Crippen LogP contribution in [0.5, 0.6) is 0 Å². The smallest absolute Gasteiger partial charge is 0.0988 e. The van der Waals surface area contributed by atoms with Crippen molar-refractivity contribution in [2.75, 3.05) is 0 Å². The number of hydrogen-bond acceptors (Lipinski definition) is 0. The van der Waals surface area contributed by atoms with Gasteiger partial charge in [0.05, 0.1) is 0 Å². The zero-order valence-electron chi connectivity index (χ0n) is 16.8. The predicted octanol–water partition coefficient (Wildman–Crippen LogP) is 7.45. The molecule has 0 N–H and O–H groups in total. The number of allylic oxidation sites excluding steroid dienone is 4. The van der Waals surface area contributed by atoms with E-state index in [0.29, 0.717) is 16.5 Å². The molecule has 0 heterocycles. The van der Waals surface area contributed by atoms with Crippen LogP contribution >= 0.6 is 23.2 Å². The summed E-state index contributed by atoms with van der Waals surface area (Å²) in [6, 6.07) is 24.2. The molecule has 3 aromatic rings. The van der Waals surface area contributed by atoms with Crippen LogP contribution in [0.2, 0.25) is 10.0 Å². The summed E-state index contributed by atoms with van der Waals surface area (Å²) in [6.45, 7) is 0. The van der Waals surface area contributed by atoms with E-state index < -0.39 is 5.41 Å². The van der Waals surface area contributed by atoms with Gasteiger partial charge < -0.3 is 0 Å². The Morgan fingerprint density at radius 3 is 2.48 bits per heavy atom. The van der Waals surface area contributed by atoms with Crippen molar-refractivity contribution in [2.24, 2.45) is 0 Å². The fraction of sp³-hybridized carbons (Fsp3) is 0.103. The second-order valence-electron chi connectivity index (χ2n) is 7.60. The molecule has 2 aliphatic carbocycles. The van der Waals surface area contributed by atoms with E-state index in [2.05, 4.69) is 66.2 Å². The molecular weight excluding hydrogens is 419 g/mol. The standard InChI is InChI=1S/C29H18Cl2/c30-23-11-7-9-21(19-23)17-18-29(22-10-8-12-24(31)20-22)27-15-4-2-1-3-13-25(27)26-14-5-6-16-28(26)29/h4-12,14-16,19-20H,2,13H2. The highest BCUT2D eigenvalue weighted by Gasteiger charge is 2.44. The number of fused-ring (bicyclic) bond motifs is 2. The van der Waals surface area contributed by atoms with Crippen molar-refractivity contribution in [1.82, 2.24) is 0 Å². The van der Waals surface area contributed by atoms with Crippen molar-refractivity contribution in [1.29, 1.82) is 0 Å². The van der Waals surface area contributed by atoms with Crippen LogP contribution in [-0.4, -0.2) is 0 Å². The van der Waals surface area contributed by atoms with Gasteiger partial charge in [-0.2, -0.15) is 0 Å². The molecule has 2 aliphatic rings. The average molecular weight is 437 g/mol. The summed E-state index contributed by atoms with van der Waals surface area (Å²) in [5.74, 6) is 13.6. The number of benzene rings is 3. The lowest BCUT2D eigenvalue weighted by molar-refractivity contribution is 0.827. The van der Waals surface area contributed by atoms with Crippen LogP contribution in [0.25, 0.3) is 5.57 Å². The van der Waals surface area contributed by atoms with Crippen molar-refractivity contribution in [3.05, 3.63) is 123 Å². The maximum Gasteiger partial charge on any atom is 0.107 e. The van der Waals surface area contributed by atoms with Gasteiger partial charge in [-0.3, -0.25) is 0 Å². The van der Waals surface area contributed by atoms with E-state index >= 15 is 0 Å². The SMILES string of the molecule is Clc1cccc(C#CC2(c3cccc(Cl)c3)C3=C(CC#CCC=C3)c3ccccc32)c1. The fourth-order valence-electron chi connectivity index (χ4n) is 4.44. The summed E-state index contributed by atoms with van der Waals surface area (Å²) >= 11 is 12.7. The van der Waals surface area contributed by atoms with E-state index in [-0.39, 0.29) is 0 Å². The summed E-state index contributed by atoms with van der Waals surface area (Å²) in [6.07, 6.45) is 5.78. The van der Waals surface area contributed by atoms with Gasteiger partial charge in [-0.15, -0.1) is 0 Å². The quantitative estimate of drug-likeness (QED) is 0.347. The van der Waals surface area contributed by atoms with Crippen LogP contribution in [0, 0.1) is 23.7 Å². The lowest BCUT2D eigenvalue weighted by Crippen LogP contribution is -2.26. The van der Waals surface area contributed by atoms with Crippen molar-refractivity contribution >= 4 is 28.8 Å². The van der Waals surface area contributed by atoms with Crippen molar-refractivity contribution < 1.29 is 0 Å². The van der Waals surface area contributed by atoms with E-state index in [4.69, 9.17) is 23.2 Å². The van der Waals surface area contributed by atoms with Crippen LogP contribution in [-0.2, 0) is 5.41 Å². The molecule has 0 amide bonds. The Morgan fingerprint density at radius 2 is 1.65 bits per heavy atom. The molecule has 5 rings (SSSR count). The van der Waals surface area contributed by atoms with Crippen molar-refractivity contribution in [3.8, 4) is 23.7 Å². The highest BCUT2D eigenvalue weighted by atomic mass is 35.5. The Morgan fingerprint density at radius 1 is 0.839 bits per heavy atom. The Balaban J connectivity index is 1.85. The lowest BCUT2D eigenvalue weighted by Gasteiger charge is -2.29. The molecule has 0 nitrogen and oxygen atoms in total. The highest BCUT2D eigenvalue weighted by Crippen LogP contribution is 2.52. The minimum Gasteiger partial charge on any atom is -0.0988 e. The highest BCUT2D eigenvalue weighted by molar-refractivity contribution is 6.31. The van der Waals surface area contributed by atoms with Crippen LogP contribution in [0.3, 0.4) is 0 Å². The normalized spacial score (nSPS) is 18.6. The van der Waals surface area contributed by atoms with Gasteiger partial charge in [0.1, 0.15) is 5.41 Å². The molecule has 0 aliphatic heterocycles. The summed E-state index contributed by atoms with van der Waals surface area (Å²) in [7, 11) is 0. The van der Waals surface area contributed by atoms with Crippen LogP contribution in [0.4, 0.5) is 0 Å². The summed E-state index contributed by atoms with van der Waals surface area (Å²) in [4.78, 5) is 0. The second kappa shape index (κ2) is 8.17. The van der Waals surface area contributed by atoms with E-state index in [9.17, 15) is 0 Å². The van der Waals surface area contributed by atoms with Gasteiger partial charge in [-0.05, 0) is 58.2 Å². The zero-order chi connectivity index (χ0) is 21.3. The zero-order valence-corrected chi connectivity index (χ0v) is 18.3. The third kappa shape index (κ3) is 3.49. The molecule has 0 aromatic heterocycles. The third-order valence-electron chi connectivity index (χ3n) is 5.76. The van der Waals surface area contributed by atoms with Gasteiger partial charge in [0.25, 0.3) is 0 Å². The first kappa shape index (κ1) is 19.8. The van der Waals surface area contributed by atoms with Crippen molar-refractivity contribution in [2.45, 2.75) is 18.3 Å². The van der Waals surface area contributed by atoms with Crippen molar-refractivity contribution in [3.63, 3.8) is 0 Å². The van der Waals surface area contributed by atoms with Gasteiger partial charge in [-0.1, -0.05) is 102 Å². The molecule has 3 aromatic carbocycles. The molecule has 0 radical (unpaired) electrons. The minimum atomic E-state index is -0.630. The van der Waals surface area contributed by atoms with E-state index in [1.165, 1.54) is 22.3 Å². The Hall–Kier alpha value is -3.16. The molecule has 31 heavy (non-hydrogen) atoms. The Kier molecular flexibility index (Phi) is 5.21. The lowest BCUT2D eigenvalue weighted by atomic mass is 9.71. The maximum atomic E-state index is 6.46. The first-order chi connectivity index (χ1) is 15.2.